The molecule has 0 spiro atoms. The van der Waals surface area contributed by atoms with E-state index < -0.39 is 0 Å². The van der Waals surface area contributed by atoms with Crippen LogP contribution < -0.4 is 0 Å². The minimum Gasteiger partial charge on any atom is -0.466 e. The van der Waals surface area contributed by atoms with Crippen molar-refractivity contribution < 1.29 is 14.3 Å². The second-order valence-electron chi connectivity index (χ2n) is 6.41. The number of hydrogen-bond acceptors (Lipinski definition) is 3. The lowest BCUT2D eigenvalue weighted by Gasteiger charge is -2.33. The molecular weight excluding hydrogens is 358 g/mol. The lowest BCUT2D eigenvalue weighted by atomic mass is 9.91. The summed E-state index contributed by atoms with van der Waals surface area (Å²) in [7, 11) is 0. The monoisotopic (exact) mass is 379 g/mol. The molecule has 1 saturated heterocycles. The maximum atomic E-state index is 13.0. The van der Waals surface area contributed by atoms with E-state index in [2.05, 4.69) is 15.9 Å². The van der Waals surface area contributed by atoms with Crippen molar-refractivity contribution in [3.05, 3.63) is 34.3 Å². The summed E-state index contributed by atoms with van der Waals surface area (Å²) in [5.41, 5.74) is 0.787. The average Bonchev–Trinajstić information content (AvgIpc) is 3.37. The van der Waals surface area contributed by atoms with Gasteiger partial charge in [-0.2, -0.15) is 0 Å². The Morgan fingerprint density at radius 3 is 2.35 bits per heavy atom. The zero-order valence-electron chi connectivity index (χ0n) is 13.4. The Labute approximate surface area is 145 Å². The highest BCUT2D eigenvalue weighted by Gasteiger charge is 2.53. The van der Waals surface area contributed by atoms with E-state index in [1.165, 1.54) is 0 Å². The average molecular weight is 380 g/mol. The molecule has 124 valence electrons. The first-order valence-corrected chi connectivity index (χ1v) is 9.08. The topological polar surface area (TPSA) is 46.6 Å². The minimum absolute atomic E-state index is 0.0539. The third-order valence-electron chi connectivity index (χ3n) is 4.96. The predicted octanol–water partition coefficient (Wildman–Crippen LogP) is 3.28. The summed E-state index contributed by atoms with van der Waals surface area (Å²) in [6.07, 6.45) is 3.26. The van der Waals surface area contributed by atoms with Crippen LogP contribution in [0, 0.1) is 5.92 Å². The van der Waals surface area contributed by atoms with Gasteiger partial charge in [-0.05, 0) is 50.3 Å². The minimum atomic E-state index is -0.322. The Bertz CT molecular complexity index is 587. The van der Waals surface area contributed by atoms with Crippen LogP contribution in [-0.2, 0) is 19.7 Å². The van der Waals surface area contributed by atoms with Crippen molar-refractivity contribution in [2.45, 2.75) is 38.0 Å². The zero-order valence-corrected chi connectivity index (χ0v) is 15.0. The summed E-state index contributed by atoms with van der Waals surface area (Å²) in [5.74, 6) is 0.0533. The van der Waals surface area contributed by atoms with Crippen LogP contribution in [0.2, 0.25) is 0 Å². The molecule has 0 aromatic heterocycles. The molecule has 0 atom stereocenters. The lowest BCUT2D eigenvalue weighted by Crippen LogP contribution is -2.45. The van der Waals surface area contributed by atoms with Gasteiger partial charge in [0.25, 0.3) is 0 Å². The molecule has 0 N–H and O–H groups in total. The van der Waals surface area contributed by atoms with Gasteiger partial charge in [0.15, 0.2) is 0 Å². The van der Waals surface area contributed by atoms with Gasteiger partial charge >= 0.3 is 5.97 Å². The molecule has 1 aromatic rings. The number of carbonyl (C=O) groups is 2. The third-order valence-corrected chi connectivity index (χ3v) is 5.49. The Morgan fingerprint density at radius 2 is 1.83 bits per heavy atom. The van der Waals surface area contributed by atoms with Crippen molar-refractivity contribution >= 4 is 27.8 Å². The molecular formula is C18H22BrNO3. The van der Waals surface area contributed by atoms with E-state index in [4.69, 9.17) is 4.74 Å². The van der Waals surface area contributed by atoms with Gasteiger partial charge in [0.1, 0.15) is 0 Å². The van der Waals surface area contributed by atoms with Gasteiger partial charge in [0, 0.05) is 17.6 Å². The van der Waals surface area contributed by atoms with Crippen LogP contribution in [0.3, 0.4) is 0 Å². The summed E-state index contributed by atoms with van der Waals surface area (Å²) in [6, 6.07) is 8.08. The van der Waals surface area contributed by atoms with Crippen molar-refractivity contribution in [3.63, 3.8) is 0 Å². The largest absolute Gasteiger partial charge is 0.466 e. The molecule has 1 heterocycles. The number of likely N-dealkylation sites (tertiary alicyclic amines) is 1. The Hall–Kier alpha value is -1.36. The first kappa shape index (κ1) is 16.5. The number of piperidine rings is 1. The van der Waals surface area contributed by atoms with Gasteiger partial charge in [-0.1, -0.05) is 28.1 Å². The maximum Gasteiger partial charge on any atom is 0.309 e. The normalized spacial score (nSPS) is 20.2. The number of amides is 1. The predicted molar refractivity (Wildman–Crippen MR) is 91.0 cm³/mol. The summed E-state index contributed by atoms with van der Waals surface area (Å²) in [6.45, 7) is 3.55. The zero-order chi connectivity index (χ0) is 16.4. The van der Waals surface area contributed by atoms with Crippen LogP contribution >= 0.6 is 15.9 Å². The van der Waals surface area contributed by atoms with E-state index in [0.29, 0.717) is 32.5 Å². The molecule has 0 bridgehead atoms. The number of esters is 1. The van der Waals surface area contributed by atoms with Crippen molar-refractivity contribution in [3.8, 4) is 0 Å². The number of carbonyl (C=O) groups excluding carboxylic acids is 2. The smallest absolute Gasteiger partial charge is 0.309 e. The van der Waals surface area contributed by atoms with Gasteiger partial charge in [0.05, 0.1) is 17.9 Å². The van der Waals surface area contributed by atoms with Gasteiger partial charge in [-0.25, -0.2) is 0 Å². The van der Waals surface area contributed by atoms with Crippen molar-refractivity contribution in [2.75, 3.05) is 19.7 Å². The summed E-state index contributed by atoms with van der Waals surface area (Å²) in [5, 5.41) is 0. The summed E-state index contributed by atoms with van der Waals surface area (Å²) < 4.78 is 6.12. The molecule has 0 radical (unpaired) electrons. The molecule has 23 heavy (non-hydrogen) atoms. The number of halogens is 1. The first-order valence-electron chi connectivity index (χ1n) is 8.29. The lowest BCUT2D eigenvalue weighted by molar-refractivity contribution is -0.151. The van der Waals surface area contributed by atoms with E-state index in [1.54, 1.807) is 0 Å². The maximum absolute atomic E-state index is 13.0. The van der Waals surface area contributed by atoms with Crippen LogP contribution in [0.1, 0.15) is 38.2 Å². The standard InChI is InChI=1S/C18H22BrNO3/c1-2-23-16(21)13-7-11-20(12-8-13)17(22)18(9-10-18)14-3-5-15(19)6-4-14/h3-6,13H,2,7-12H2,1H3. The highest BCUT2D eigenvalue weighted by atomic mass is 79.9. The number of nitrogens with zero attached hydrogens (tertiary/aromatic N) is 1. The van der Waals surface area contributed by atoms with Crippen LogP contribution in [0.15, 0.2) is 28.7 Å². The van der Waals surface area contributed by atoms with Crippen LogP contribution in [0.4, 0.5) is 0 Å². The molecule has 4 nitrogen and oxygen atoms in total. The molecule has 1 aromatic carbocycles. The molecule has 1 amide bonds. The van der Waals surface area contributed by atoms with Crippen LogP contribution in [0.5, 0.6) is 0 Å². The Morgan fingerprint density at radius 1 is 1.22 bits per heavy atom. The highest BCUT2D eigenvalue weighted by molar-refractivity contribution is 9.10. The number of rotatable bonds is 4. The van der Waals surface area contributed by atoms with E-state index in [0.717, 1.165) is 22.9 Å². The first-order chi connectivity index (χ1) is 11.1. The number of ether oxygens (including phenoxy) is 1. The molecule has 5 heteroatoms. The Kier molecular flexibility index (Phi) is 4.76. The summed E-state index contributed by atoms with van der Waals surface area (Å²) in [4.78, 5) is 26.7. The molecule has 0 unspecified atom stereocenters. The molecule has 3 rings (SSSR count). The SMILES string of the molecule is CCOC(=O)C1CCN(C(=O)C2(c3ccc(Br)cc3)CC2)CC1. The summed E-state index contributed by atoms with van der Waals surface area (Å²) >= 11 is 3.44. The van der Waals surface area contributed by atoms with E-state index in [9.17, 15) is 9.59 Å². The van der Waals surface area contributed by atoms with Crippen molar-refractivity contribution in [1.82, 2.24) is 4.90 Å². The van der Waals surface area contributed by atoms with E-state index >= 15 is 0 Å². The fraction of sp³-hybridized carbons (Fsp3) is 0.556. The molecule has 2 aliphatic rings. The third kappa shape index (κ3) is 3.30. The van der Waals surface area contributed by atoms with Crippen LogP contribution in [0.25, 0.3) is 0 Å². The fourth-order valence-electron chi connectivity index (χ4n) is 3.40. The number of hydrogen-bond donors (Lipinski definition) is 0. The van der Waals surface area contributed by atoms with E-state index in [1.807, 2.05) is 36.1 Å². The fourth-order valence-corrected chi connectivity index (χ4v) is 3.67. The molecule has 1 saturated carbocycles. The van der Waals surface area contributed by atoms with Crippen molar-refractivity contribution in [1.29, 1.82) is 0 Å². The van der Waals surface area contributed by atoms with Gasteiger partial charge in [-0.3, -0.25) is 9.59 Å². The second kappa shape index (κ2) is 6.63. The quantitative estimate of drug-likeness (QED) is 0.754. The van der Waals surface area contributed by atoms with Gasteiger partial charge < -0.3 is 9.64 Å². The molecule has 2 fully saturated rings. The van der Waals surface area contributed by atoms with E-state index in [-0.39, 0.29) is 23.2 Å². The van der Waals surface area contributed by atoms with Gasteiger partial charge in [0.2, 0.25) is 5.91 Å². The Balaban J connectivity index is 1.63. The van der Waals surface area contributed by atoms with Crippen molar-refractivity contribution in [2.24, 2.45) is 5.92 Å². The second-order valence-corrected chi connectivity index (χ2v) is 7.32. The highest BCUT2D eigenvalue weighted by Crippen LogP contribution is 2.50. The number of benzene rings is 1. The van der Waals surface area contributed by atoms with Crippen LogP contribution in [-0.4, -0.2) is 36.5 Å². The molecule has 1 aliphatic heterocycles. The van der Waals surface area contributed by atoms with Gasteiger partial charge in [-0.15, -0.1) is 0 Å². The molecule has 1 aliphatic carbocycles.